The zero-order valence-electron chi connectivity index (χ0n) is 14.7. The second kappa shape index (κ2) is 8.17. The fourth-order valence-corrected chi connectivity index (χ4v) is 4.13. The molecule has 0 spiro atoms. The molecule has 0 N–H and O–H groups in total. The summed E-state index contributed by atoms with van der Waals surface area (Å²) in [5.74, 6) is 0.602. The number of benzene rings is 2. The van der Waals surface area contributed by atoms with E-state index in [1.807, 2.05) is 10.6 Å². The number of nitrogens with zero attached hydrogens (tertiary/aromatic N) is 2. The Morgan fingerprint density at radius 2 is 1.96 bits per heavy atom. The second-order valence-electron chi connectivity index (χ2n) is 5.48. The Bertz CT molecular complexity index is 1100. The molecule has 0 saturated heterocycles. The van der Waals surface area contributed by atoms with E-state index in [4.69, 9.17) is 32.7 Å². The minimum atomic E-state index is -0.400. The summed E-state index contributed by atoms with van der Waals surface area (Å²) in [6.45, 7) is 4.21. The molecule has 1 amide bonds. The third-order valence-corrected chi connectivity index (χ3v) is 5.71. The van der Waals surface area contributed by atoms with E-state index >= 15 is 0 Å². The molecule has 2 aromatic carbocycles. The third-order valence-electron chi connectivity index (χ3n) is 3.87. The smallest absolute Gasteiger partial charge is 0.279 e. The zero-order chi connectivity index (χ0) is 19.6. The summed E-state index contributed by atoms with van der Waals surface area (Å²) in [4.78, 5) is 17.5. The normalized spacial score (nSPS) is 11.6. The van der Waals surface area contributed by atoms with Gasteiger partial charge in [-0.15, -0.1) is 6.58 Å². The van der Waals surface area contributed by atoms with E-state index in [0.717, 1.165) is 10.2 Å². The van der Waals surface area contributed by atoms with E-state index in [0.29, 0.717) is 38.5 Å². The van der Waals surface area contributed by atoms with Gasteiger partial charge >= 0.3 is 0 Å². The Morgan fingerprint density at radius 1 is 1.22 bits per heavy atom. The maximum Gasteiger partial charge on any atom is 0.279 e. The monoisotopic (exact) mass is 422 g/mol. The molecule has 27 heavy (non-hydrogen) atoms. The summed E-state index contributed by atoms with van der Waals surface area (Å²) in [5.41, 5.74) is 1.12. The molecular weight excluding hydrogens is 407 g/mol. The second-order valence-corrected chi connectivity index (χ2v) is 7.27. The van der Waals surface area contributed by atoms with Gasteiger partial charge in [0.15, 0.2) is 16.3 Å². The standard InChI is InChI=1S/C19H16Cl2N2O3S/c1-4-9-23-17-15(8-6-12(20)16(17)21)27-19(23)22-18(24)11-5-7-13(25-2)14(10-11)26-3/h4-8,10H,1,9H2,2-3H3. The van der Waals surface area contributed by atoms with Crippen molar-refractivity contribution in [3.8, 4) is 11.5 Å². The Balaban J connectivity index is 2.15. The lowest BCUT2D eigenvalue weighted by Gasteiger charge is -2.07. The molecular formula is C19H16Cl2N2O3S. The number of thiazole rings is 1. The number of carbonyl (C=O) groups is 1. The first-order valence-electron chi connectivity index (χ1n) is 7.89. The summed E-state index contributed by atoms with van der Waals surface area (Å²) >= 11 is 13.9. The van der Waals surface area contributed by atoms with Crippen LogP contribution >= 0.6 is 34.5 Å². The van der Waals surface area contributed by atoms with Crippen LogP contribution < -0.4 is 14.3 Å². The number of hydrogen-bond donors (Lipinski definition) is 0. The first-order valence-corrected chi connectivity index (χ1v) is 9.46. The van der Waals surface area contributed by atoms with Crippen LogP contribution in [0.2, 0.25) is 10.0 Å². The van der Waals surface area contributed by atoms with Crippen LogP contribution in [-0.4, -0.2) is 24.7 Å². The average molecular weight is 423 g/mol. The molecule has 8 heteroatoms. The van der Waals surface area contributed by atoms with Gasteiger partial charge in [-0.2, -0.15) is 4.99 Å². The fourth-order valence-electron chi connectivity index (χ4n) is 2.61. The van der Waals surface area contributed by atoms with Crippen molar-refractivity contribution in [2.24, 2.45) is 4.99 Å². The highest BCUT2D eigenvalue weighted by Crippen LogP contribution is 2.32. The summed E-state index contributed by atoms with van der Waals surface area (Å²) < 4.78 is 13.1. The molecule has 3 rings (SSSR count). The molecule has 5 nitrogen and oxygen atoms in total. The van der Waals surface area contributed by atoms with E-state index in [1.54, 1.807) is 30.3 Å². The van der Waals surface area contributed by atoms with Crippen LogP contribution in [0.15, 0.2) is 48.0 Å². The van der Waals surface area contributed by atoms with Crippen molar-refractivity contribution in [2.45, 2.75) is 6.54 Å². The molecule has 0 fully saturated rings. The molecule has 3 aromatic rings. The van der Waals surface area contributed by atoms with E-state index in [2.05, 4.69) is 11.6 Å². The van der Waals surface area contributed by atoms with Gasteiger partial charge < -0.3 is 14.0 Å². The molecule has 0 bridgehead atoms. The van der Waals surface area contributed by atoms with E-state index in [-0.39, 0.29) is 0 Å². The number of rotatable bonds is 5. The lowest BCUT2D eigenvalue weighted by molar-refractivity contribution is 0.0997. The minimum absolute atomic E-state index is 0.388. The molecule has 0 aliphatic rings. The van der Waals surface area contributed by atoms with Crippen LogP contribution in [0.4, 0.5) is 0 Å². The maximum absolute atomic E-state index is 12.7. The van der Waals surface area contributed by atoms with Crippen molar-refractivity contribution in [3.05, 3.63) is 63.4 Å². The number of methoxy groups -OCH3 is 2. The first-order chi connectivity index (χ1) is 13.0. The highest BCUT2D eigenvalue weighted by Gasteiger charge is 2.14. The maximum atomic E-state index is 12.7. The molecule has 1 aromatic heterocycles. The van der Waals surface area contributed by atoms with Crippen LogP contribution in [-0.2, 0) is 6.54 Å². The topological polar surface area (TPSA) is 52.8 Å². The molecule has 140 valence electrons. The fraction of sp³-hybridized carbons (Fsp3) is 0.158. The van der Waals surface area contributed by atoms with Crippen molar-refractivity contribution in [1.29, 1.82) is 0 Å². The first kappa shape index (κ1) is 19.5. The van der Waals surface area contributed by atoms with Gasteiger partial charge in [-0.05, 0) is 30.3 Å². The van der Waals surface area contributed by atoms with Crippen LogP contribution in [0.25, 0.3) is 10.2 Å². The lowest BCUT2D eigenvalue weighted by atomic mass is 10.2. The predicted molar refractivity (Wildman–Crippen MR) is 109 cm³/mol. The summed E-state index contributed by atoms with van der Waals surface area (Å²) in [5, 5.41) is 0.866. The SMILES string of the molecule is C=CCn1c(=NC(=O)c2ccc(OC)c(OC)c2)sc2ccc(Cl)c(Cl)c21. The van der Waals surface area contributed by atoms with Crippen LogP contribution in [0.5, 0.6) is 11.5 Å². The molecule has 0 aliphatic carbocycles. The Kier molecular flexibility index (Phi) is 5.89. The number of fused-ring (bicyclic) bond motifs is 1. The van der Waals surface area contributed by atoms with Crippen molar-refractivity contribution in [2.75, 3.05) is 14.2 Å². The van der Waals surface area contributed by atoms with Crippen LogP contribution in [0.1, 0.15) is 10.4 Å². The average Bonchev–Trinajstić information content (AvgIpc) is 3.02. The van der Waals surface area contributed by atoms with E-state index < -0.39 is 5.91 Å². The van der Waals surface area contributed by atoms with Crippen molar-refractivity contribution in [3.63, 3.8) is 0 Å². The lowest BCUT2D eigenvalue weighted by Crippen LogP contribution is -2.16. The molecule has 1 heterocycles. The largest absolute Gasteiger partial charge is 0.493 e. The van der Waals surface area contributed by atoms with Gasteiger partial charge in [0.25, 0.3) is 5.91 Å². The van der Waals surface area contributed by atoms with Gasteiger partial charge in [0.2, 0.25) is 0 Å². The molecule has 0 radical (unpaired) electrons. The number of halogens is 2. The van der Waals surface area contributed by atoms with Gasteiger partial charge in [-0.25, -0.2) is 0 Å². The predicted octanol–water partition coefficient (Wildman–Crippen LogP) is 4.95. The number of aromatic nitrogens is 1. The van der Waals surface area contributed by atoms with Crippen molar-refractivity contribution in [1.82, 2.24) is 4.57 Å². The molecule has 0 aliphatic heterocycles. The van der Waals surface area contributed by atoms with Gasteiger partial charge in [0, 0.05) is 12.1 Å². The van der Waals surface area contributed by atoms with Crippen LogP contribution in [0, 0.1) is 0 Å². The highest BCUT2D eigenvalue weighted by molar-refractivity contribution is 7.16. The Labute approximate surface area is 170 Å². The number of ether oxygens (including phenoxy) is 2. The van der Waals surface area contributed by atoms with Crippen LogP contribution in [0.3, 0.4) is 0 Å². The summed E-state index contributed by atoms with van der Waals surface area (Å²) in [6.07, 6.45) is 1.71. The number of hydrogen-bond acceptors (Lipinski definition) is 4. The summed E-state index contributed by atoms with van der Waals surface area (Å²) in [6, 6.07) is 8.48. The molecule has 0 saturated carbocycles. The molecule has 0 atom stereocenters. The number of carbonyl (C=O) groups excluding carboxylic acids is 1. The number of allylic oxidation sites excluding steroid dienone is 1. The summed E-state index contributed by atoms with van der Waals surface area (Å²) in [7, 11) is 3.05. The Morgan fingerprint density at radius 3 is 2.63 bits per heavy atom. The van der Waals surface area contributed by atoms with Crippen molar-refractivity contribution < 1.29 is 14.3 Å². The third kappa shape index (κ3) is 3.74. The molecule has 0 unspecified atom stereocenters. The Hall–Kier alpha value is -2.28. The zero-order valence-corrected chi connectivity index (χ0v) is 17.0. The van der Waals surface area contributed by atoms with Gasteiger partial charge in [0.1, 0.15) is 0 Å². The number of amides is 1. The van der Waals surface area contributed by atoms with Gasteiger partial charge in [0.05, 0.1) is 34.5 Å². The minimum Gasteiger partial charge on any atom is -0.493 e. The van der Waals surface area contributed by atoms with E-state index in [1.165, 1.54) is 25.6 Å². The van der Waals surface area contributed by atoms with Crippen molar-refractivity contribution >= 4 is 50.7 Å². The van der Waals surface area contributed by atoms with E-state index in [9.17, 15) is 4.79 Å². The highest BCUT2D eigenvalue weighted by atomic mass is 35.5. The quantitative estimate of drug-likeness (QED) is 0.546. The van der Waals surface area contributed by atoms with Gasteiger partial charge in [-0.3, -0.25) is 4.79 Å². The van der Waals surface area contributed by atoms with Gasteiger partial charge in [-0.1, -0.05) is 40.6 Å².